The molecule has 14 heteroatoms. The number of carbonyl (C=O) groups is 4. The molecule has 14 nitrogen and oxygen atoms in total. The number of aliphatic carboxylic acids is 1. The van der Waals surface area contributed by atoms with E-state index in [1.165, 1.54) is 26.4 Å². The normalized spacial score (nSPS) is 14.3. The van der Waals surface area contributed by atoms with E-state index in [-0.39, 0.29) is 25.3 Å². The Morgan fingerprint density at radius 2 is 1.75 bits per heavy atom. The Labute approximate surface area is 184 Å². The second-order valence-electron chi connectivity index (χ2n) is 7.21. The summed E-state index contributed by atoms with van der Waals surface area (Å²) in [7, 11) is 0. The van der Waals surface area contributed by atoms with Crippen molar-refractivity contribution in [1.82, 2.24) is 25.9 Å². The fourth-order valence-electron chi connectivity index (χ4n) is 2.57. The number of hydrogen-bond acceptors (Lipinski definition) is 7. The summed E-state index contributed by atoms with van der Waals surface area (Å²) in [6, 6.07) is -4.13. The number of aromatic nitrogens is 2. The summed E-state index contributed by atoms with van der Waals surface area (Å²) >= 11 is 0. The number of nitrogens with one attached hydrogen (secondary N) is 4. The zero-order chi connectivity index (χ0) is 24.3. The maximum Gasteiger partial charge on any atom is 0.326 e. The Bertz CT molecular complexity index is 806. The average Bonchev–Trinajstić information content (AvgIpc) is 3.22. The van der Waals surface area contributed by atoms with Gasteiger partial charge in [0.2, 0.25) is 17.7 Å². The minimum Gasteiger partial charge on any atom is -0.480 e. The van der Waals surface area contributed by atoms with Crippen molar-refractivity contribution in [2.45, 2.75) is 57.3 Å². The Hall–Kier alpha value is -3.68. The summed E-state index contributed by atoms with van der Waals surface area (Å²) in [5.41, 5.74) is 16.5. The number of H-pyrrole nitrogens is 1. The van der Waals surface area contributed by atoms with Gasteiger partial charge >= 0.3 is 5.97 Å². The lowest BCUT2D eigenvalue weighted by Gasteiger charge is -2.23. The van der Waals surface area contributed by atoms with Crippen LogP contribution in [0.2, 0.25) is 0 Å². The van der Waals surface area contributed by atoms with Crippen LogP contribution in [0.4, 0.5) is 0 Å². The molecule has 0 aliphatic carbocycles. The number of nitrogens with two attached hydrogens (primary N) is 3. The van der Waals surface area contributed by atoms with Crippen LogP contribution in [-0.4, -0.2) is 75.4 Å². The van der Waals surface area contributed by atoms with E-state index < -0.39 is 47.9 Å². The highest BCUT2D eigenvalue weighted by Crippen LogP contribution is 2.04. The maximum absolute atomic E-state index is 12.8. The molecule has 0 aliphatic rings. The molecule has 0 fully saturated rings. The first kappa shape index (κ1) is 26.4. The van der Waals surface area contributed by atoms with Crippen LogP contribution in [0, 0.1) is 0 Å². The lowest BCUT2D eigenvalue weighted by molar-refractivity contribution is -0.142. The van der Waals surface area contributed by atoms with Gasteiger partial charge in [0.1, 0.15) is 18.1 Å². The van der Waals surface area contributed by atoms with Crippen LogP contribution >= 0.6 is 0 Å². The molecule has 4 unspecified atom stereocenters. The molecule has 0 bridgehead atoms. The predicted molar refractivity (Wildman–Crippen MR) is 115 cm³/mol. The predicted octanol–water partition coefficient (Wildman–Crippen LogP) is -3.09. The van der Waals surface area contributed by atoms with Gasteiger partial charge in [0, 0.05) is 24.9 Å². The molecular formula is C18H31N9O5. The van der Waals surface area contributed by atoms with Gasteiger partial charge in [-0.2, -0.15) is 0 Å². The fourth-order valence-corrected chi connectivity index (χ4v) is 2.57. The zero-order valence-electron chi connectivity index (χ0n) is 18.0. The number of rotatable bonds is 13. The van der Waals surface area contributed by atoms with E-state index in [4.69, 9.17) is 17.2 Å². The summed E-state index contributed by atoms with van der Waals surface area (Å²) < 4.78 is 0. The van der Waals surface area contributed by atoms with Crippen LogP contribution in [0.25, 0.3) is 0 Å². The molecular weight excluding hydrogens is 422 g/mol. The second-order valence-corrected chi connectivity index (χ2v) is 7.21. The molecule has 0 saturated heterocycles. The number of carboxylic acids is 1. The van der Waals surface area contributed by atoms with E-state index in [2.05, 4.69) is 30.9 Å². The number of imidazole rings is 1. The van der Waals surface area contributed by atoms with E-state index in [1.807, 2.05) is 0 Å². The smallest absolute Gasteiger partial charge is 0.326 e. The monoisotopic (exact) mass is 453 g/mol. The van der Waals surface area contributed by atoms with Crippen LogP contribution in [0.3, 0.4) is 0 Å². The molecule has 11 N–H and O–H groups in total. The van der Waals surface area contributed by atoms with Gasteiger partial charge in [0.15, 0.2) is 5.96 Å². The van der Waals surface area contributed by atoms with Crippen molar-refractivity contribution >= 4 is 29.7 Å². The van der Waals surface area contributed by atoms with Crippen molar-refractivity contribution in [1.29, 1.82) is 0 Å². The topological polar surface area (TPSA) is 244 Å². The summed E-state index contributed by atoms with van der Waals surface area (Å²) in [6.45, 7) is 3.10. The number of aliphatic imine (C=N–C) groups is 1. The third-order valence-electron chi connectivity index (χ3n) is 4.34. The number of aromatic amines is 1. The van der Waals surface area contributed by atoms with Gasteiger partial charge in [-0.25, -0.2) is 9.78 Å². The molecule has 32 heavy (non-hydrogen) atoms. The maximum atomic E-state index is 12.8. The average molecular weight is 454 g/mol. The van der Waals surface area contributed by atoms with Crippen molar-refractivity contribution in [3.05, 3.63) is 18.2 Å². The molecule has 1 aromatic heterocycles. The van der Waals surface area contributed by atoms with Crippen molar-refractivity contribution in [3.8, 4) is 0 Å². The van der Waals surface area contributed by atoms with Crippen molar-refractivity contribution in [2.75, 3.05) is 6.54 Å². The number of carbonyl (C=O) groups excluding carboxylic acids is 3. The minimum absolute atomic E-state index is 0.0312. The summed E-state index contributed by atoms with van der Waals surface area (Å²) in [5.74, 6) is -3.25. The SMILES string of the molecule is CC(N)C(=O)NC(C)C(=O)NC(CCCN=C(N)N)C(=O)NC(Cc1cnc[nH]1)C(=O)O. The van der Waals surface area contributed by atoms with Gasteiger partial charge < -0.3 is 43.2 Å². The van der Waals surface area contributed by atoms with Gasteiger partial charge in [-0.1, -0.05) is 0 Å². The van der Waals surface area contributed by atoms with Crippen LogP contribution in [0.15, 0.2) is 17.5 Å². The summed E-state index contributed by atoms with van der Waals surface area (Å²) in [4.78, 5) is 59.0. The molecule has 1 heterocycles. The summed E-state index contributed by atoms with van der Waals surface area (Å²) in [6.07, 6.45) is 3.25. The van der Waals surface area contributed by atoms with Crippen LogP contribution < -0.4 is 33.2 Å². The second kappa shape index (κ2) is 12.9. The molecule has 1 rings (SSSR count). The Morgan fingerprint density at radius 3 is 2.28 bits per heavy atom. The summed E-state index contributed by atoms with van der Waals surface area (Å²) in [5, 5.41) is 16.8. The van der Waals surface area contributed by atoms with E-state index >= 15 is 0 Å². The molecule has 1 aromatic rings. The van der Waals surface area contributed by atoms with Gasteiger partial charge in [0.25, 0.3) is 0 Å². The highest BCUT2D eigenvalue weighted by Gasteiger charge is 2.28. The molecule has 0 saturated carbocycles. The molecule has 4 atom stereocenters. The number of guanidine groups is 1. The standard InChI is InChI=1S/C18H31N9O5/c1-9(19)14(28)25-10(2)15(29)26-12(4-3-5-23-18(20)21)16(30)27-13(17(31)32)6-11-7-22-8-24-11/h7-10,12-13H,3-6,19H2,1-2H3,(H,22,24)(H,25,28)(H,26,29)(H,27,30)(H,31,32)(H4,20,21,23). The van der Waals surface area contributed by atoms with Crippen LogP contribution in [0.5, 0.6) is 0 Å². The molecule has 0 aliphatic heterocycles. The van der Waals surface area contributed by atoms with Gasteiger partial charge in [0.05, 0.1) is 12.4 Å². The third-order valence-corrected chi connectivity index (χ3v) is 4.34. The molecule has 178 valence electrons. The van der Waals surface area contributed by atoms with Crippen molar-refractivity contribution in [3.63, 3.8) is 0 Å². The van der Waals surface area contributed by atoms with E-state index in [0.29, 0.717) is 12.1 Å². The molecule has 0 aromatic carbocycles. The number of nitrogens with zero attached hydrogens (tertiary/aromatic N) is 2. The quantitative estimate of drug-likeness (QED) is 0.0855. The Morgan fingerprint density at radius 1 is 1.09 bits per heavy atom. The van der Waals surface area contributed by atoms with Crippen molar-refractivity contribution < 1.29 is 24.3 Å². The Kier molecular flexibility index (Phi) is 10.6. The molecule has 0 spiro atoms. The lowest BCUT2D eigenvalue weighted by Crippen LogP contribution is -2.56. The highest BCUT2D eigenvalue weighted by atomic mass is 16.4. The first-order chi connectivity index (χ1) is 15.0. The first-order valence-electron chi connectivity index (χ1n) is 9.93. The number of carboxylic acid groups (broad SMARTS) is 1. The highest BCUT2D eigenvalue weighted by molar-refractivity contribution is 5.93. The first-order valence-corrected chi connectivity index (χ1v) is 9.93. The Balaban J connectivity index is 2.86. The van der Waals surface area contributed by atoms with Crippen LogP contribution in [0.1, 0.15) is 32.4 Å². The fraction of sp³-hybridized carbons (Fsp3) is 0.556. The minimum atomic E-state index is -1.25. The number of amides is 3. The largest absolute Gasteiger partial charge is 0.480 e. The molecule has 3 amide bonds. The van der Waals surface area contributed by atoms with Gasteiger partial charge in [-0.15, -0.1) is 0 Å². The molecule has 0 radical (unpaired) electrons. The third kappa shape index (κ3) is 9.42. The van der Waals surface area contributed by atoms with E-state index in [1.54, 1.807) is 0 Å². The van der Waals surface area contributed by atoms with E-state index in [9.17, 15) is 24.3 Å². The lowest BCUT2D eigenvalue weighted by atomic mass is 10.1. The van der Waals surface area contributed by atoms with Crippen molar-refractivity contribution in [2.24, 2.45) is 22.2 Å². The van der Waals surface area contributed by atoms with E-state index in [0.717, 1.165) is 0 Å². The van der Waals surface area contributed by atoms with Gasteiger partial charge in [-0.3, -0.25) is 19.4 Å². The van der Waals surface area contributed by atoms with Crippen LogP contribution in [-0.2, 0) is 25.6 Å². The number of hydrogen-bond donors (Lipinski definition) is 8. The van der Waals surface area contributed by atoms with Gasteiger partial charge in [-0.05, 0) is 26.7 Å². The zero-order valence-corrected chi connectivity index (χ0v) is 18.0.